The summed E-state index contributed by atoms with van der Waals surface area (Å²) in [5, 5.41) is 8.38. The van der Waals surface area contributed by atoms with Crippen LogP contribution in [0.2, 0.25) is 0 Å². The molecule has 62 valence electrons. The third-order valence-electron chi connectivity index (χ3n) is 1.28. The highest BCUT2D eigenvalue weighted by atomic mass is 16.6. The van der Waals surface area contributed by atoms with E-state index in [1.807, 2.05) is 0 Å². The van der Waals surface area contributed by atoms with E-state index < -0.39 is 5.97 Å². The SMILES string of the molecule is C/C(=C\OCC1CO1)C(=O)O. The Morgan fingerprint density at radius 3 is 3.00 bits per heavy atom. The number of carboxylic acids is 1. The molecule has 1 atom stereocenters. The van der Waals surface area contributed by atoms with E-state index in [0.717, 1.165) is 6.61 Å². The van der Waals surface area contributed by atoms with E-state index in [-0.39, 0.29) is 11.7 Å². The maximum absolute atomic E-state index is 10.2. The molecule has 1 aliphatic rings. The van der Waals surface area contributed by atoms with Gasteiger partial charge >= 0.3 is 5.97 Å². The Morgan fingerprint density at radius 2 is 2.55 bits per heavy atom. The van der Waals surface area contributed by atoms with Gasteiger partial charge in [0.05, 0.1) is 18.4 Å². The molecule has 0 aromatic rings. The molecule has 4 nitrogen and oxygen atoms in total. The Hall–Kier alpha value is -1.03. The highest BCUT2D eigenvalue weighted by molar-refractivity contribution is 5.85. The lowest BCUT2D eigenvalue weighted by Crippen LogP contribution is -2.00. The summed E-state index contributed by atoms with van der Waals surface area (Å²) in [6.07, 6.45) is 1.41. The van der Waals surface area contributed by atoms with Gasteiger partial charge in [0.25, 0.3) is 0 Å². The quantitative estimate of drug-likeness (QED) is 0.365. The van der Waals surface area contributed by atoms with Crippen molar-refractivity contribution in [3.05, 3.63) is 11.8 Å². The van der Waals surface area contributed by atoms with Crippen molar-refractivity contribution in [2.24, 2.45) is 0 Å². The average molecular weight is 158 g/mol. The molecule has 4 heteroatoms. The molecule has 0 aromatic carbocycles. The van der Waals surface area contributed by atoms with Crippen LogP contribution in [0.5, 0.6) is 0 Å². The summed E-state index contributed by atoms with van der Waals surface area (Å²) in [5.74, 6) is -0.957. The van der Waals surface area contributed by atoms with Crippen molar-refractivity contribution in [1.29, 1.82) is 0 Å². The number of carbonyl (C=O) groups is 1. The average Bonchev–Trinajstić information content (AvgIpc) is 2.71. The Labute approximate surface area is 64.4 Å². The van der Waals surface area contributed by atoms with Crippen LogP contribution >= 0.6 is 0 Å². The van der Waals surface area contributed by atoms with Crippen molar-refractivity contribution >= 4 is 5.97 Å². The first-order chi connectivity index (χ1) is 5.20. The lowest BCUT2D eigenvalue weighted by molar-refractivity contribution is -0.132. The first-order valence-electron chi connectivity index (χ1n) is 3.33. The summed E-state index contributed by atoms with van der Waals surface area (Å²) >= 11 is 0. The molecule has 1 N–H and O–H groups in total. The molecule has 0 radical (unpaired) electrons. The fourth-order valence-corrected chi connectivity index (χ4v) is 0.495. The summed E-state index contributed by atoms with van der Waals surface area (Å²) < 4.78 is 9.76. The van der Waals surface area contributed by atoms with E-state index in [2.05, 4.69) is 0 Å². The second-order valence-corrected chi connectivity index (χ2v) is 2.39. The Bertz CT molecular complexity index is 181. The zero-order valence-corrected chi connectivity index (χ0v) is 6.24. The number of aliphatic carboxylic acids is 1. The van der Waals surface area contributed by atoms with Crippen LogP contribution in [0.1, 0.15) is 6.92 Å². The van der Waals surface area contributed by atoms with Crippen LogP contribution in [-0.2, 0) is 14.3 Å². The smallest absolute Gasteiger partial charge is 0.334 e. The number of ether oxygens (including phenoxy) is 2. The normalized spacial score (nSPS) is 23.0. The van der Waals surface area contributed by atoms with Crippen molar-refractivity contribution in [1.82, 2.24) is 0 Å². The van der Waals surface area contributed by atoms with Crippen LogP contribution in [0.4, 0.5) is 0 Å². The van der Waals surface area contributed by atoms with Crippen LogP contribution < -0.4 is 0 Å². The van der Waals surface area contributed by atoms with E-state index in [9.17, 15) is 4.79 Å². The molecule has 11 heavy (non-hydrogen) atoms. The van der Waals surface area contributed by atoms with Crippen molar-refractivity contribution < 1.29 is 19.4 Å². The molecule has 1 saturated heterocycles. The molecule has 0 aromatic heterocycles. The molecule has 0 spiro atoms. The van der Waals surface area contributed by atoms with Crippen molar-refractivity contribution in [3.8, 4) is 0 Å². The molecule has 0 saturated carbocycles. The predicted octanol–water partition coefficient (Wildman–Crippen LogP) is 0.390. The summed E-state index contributed by atoms with van der Waals surface area (Å²) in [5.41, 5.74) is 0.200. The molecule has 1 aliphatic heterocycles. The van der Waals surface area contributed by atoms with Crippen LogP contribution in [0.25, 0.3) is 0 Å². The van der Waals surface area contributed by atoms with E-state index in [1.54, 1.807) is 0 Å². The minimum Gasteiger partial charge on any atom is -0.498 e. The Morgan fingerprint density at radius 1 is 1.91 bits per heavy atom. The number of carboxylic acid groups (broad SMARTS) is 1. The zero-order valence-electron chi connectivity index (χ0n) is 6.24. The fourth-order valence-electron chi connectivity index (χ4n) is 0.495. The van der Waals surface area contributed by atoms with Crippen molar-refractivity contribution in [2.75, 3.05) is 13.2 Å². The van der Waals surface area contributed by atoms with Gasteiger partial charge < -0.3 is 14.6 Å². The first kappa shape index (κ1) is 8.07. The monoisotopic (exact) mass is 158 g/mol. The predicted molar refractivity (Wildman–Crippen MR) is 37.1 cm³/mol. The molecule has 0 aliphatic carbocycles. The topological polar surface area (TPSA) is 59.1 Å². The summed E-state index contributed by atoms with van der Waals surface area (Å²) in [7, 11) is 0. The zero-order chi connectivity index (χ0) is 8.27. The van der Waals surface area contributed by atoms with Crippen LogP contribution in [0, 0.1) is 0 Å². The van der Waals surface area contributed by atoms with Gasteiger partial charge in [-0.2, -0.15) is 0 Å². The number of hydrogen-bond donors (Lipinski definition) is 1. The van der Waals surface area contributed by atoms with E-state index >= 15 is 0 Å². The first-order valence-corrected chi connectivity index (χ1v) is 3.33. The third kappa shape index (κ3) is 3.04. The van der Waals surface area contributed by atoms with E-state index in [0.29, 0.717) is 6.61 Å². The number of rotatable bonds is 4. The number of hydrogen-bond acceptors (Lipinski definition) is 3. The number of epoxide rings is 1. The molecule has 0 bridgehead atoms. The van der Waals surface area contributed by atoms with Crippen LogP contribution in [0.15, 0.2) is 11.8 Å². The van der Waals surface area contributed by atoms with E-state index in [4.69, 9.17) is 14.6 Å². The Kier molecular flexibility index (Phi) is 2.48. The standard InChI is InChI=1S/C7H10O4/c1-5(7(8)9)2-10-3-6-4-11-6/h2,6H,3-4H2,1H3,(H,8,9)/b5-2+. The molecule has 1 unspecified atom stereocenters. The lowest BCUT2D eigenvalue weighted by atomic mass is 10.3. The van der Waals surface area contributed by atoms with Crippen molar-refractivity contribution in [2.45, 2.75) is 13.0 Å². The van der Waals surface area contributed by atoms with Gasteiger partial charge in [0, 0.05) is 0 Å². The molecule has 0 amide bonds. The summed E-state index contributed by atoms with van der Waals surface area (Å²) in [6, 6.07) is 0. The van der Waals surface area contributed by atoms with Gasteiger partial charge in [0.2, 0.25) is 0 Å². The van der Waals surface area contributed by atoms with Crippen molar-refractivity contribution in [3.63, 3.8) is 0 Å². The Balaban J connectivity index is 2.15. The highest BCUT2D eigenvalue weighted by Crippen LogP contribution is 2.08. The molecular formula is C7H10O4. The molecular weight excluding hydrogens is 148 g/mol. The summed E-state index contributed by atoms with van der Waals surface area (Å²) in [6.45, 7) is 2.65. The second-order valence-electron chi connectivity index (χ2n) is 2.39. The van der Waals surface area contributed by atoms with Gasteiger partial charge in [-0.15, -0.1) is 0 Å². The fraction of sp³-hybridized carbons (Fsp3) is 0.571. The lowest BCUT2D eigenvalue weighted by Gasteiger charge is -1.96. The molecule has 1 rings (SSSR count). The van der Waals surface area contributed by atoms with Crippen LogP contribution in [-0.4, -0.2) is 30.4 Å². The third-order valence-corrected chi connectivity index (χ3v) is 1.28. The van der Waals surface area contributed by atoms with Gasteiger partial charge in [-0.1, -0.05) is 0 Å². The van der Waals surface area contributed by atoms with Gasteiger partial charge in [-0.25, -0.2) is 4.79 Å². The molecule has 1 heterocycles. The largest absolute Gasteiger partial charge is 0.498 e. The van der Waals surface area contributed by atoms with Gasteiger partial charge in [0.1, 0.15) is 12.7 Å². The van der Waals surface area contributed by atoms with Gasteiger partial charge in [0.15, 0.2) is 0 Å². The minimum absolute atomic E-state index is 0.174. The van der Waals surface area contributed by atoms with Crippen LogP contribution in [0.3, 0.4) is 0 Å². The molecule has 1 fully saturated rings. The maximum atomic E-state index is 10.2. The van der Waals surface area contributed by atoms with E-state index in [1.165, 1.54) is 13.2 Å². The van der Waals surface area contributed by atoms with Gasteiger partial charge in [-0.3, -0.25) is 0 Å². The summed E-state index contributed by atoms with van der Waals surface area (Å²) in [4.78, 5) is 10.2. The maximum Gasteiger partial charge on any atom is 0.334 e. The van der Waals surface area contributed by atoms with Gasteiger partial charge in [-0.05, 0) is 6.92 Å². The second kappa shape index (κ2) is 3.39. The highest BCUT2D eigenvalue weighted by Gasteiger charge is 2.22. The minimum atomic E-state index is -0.957.